The summed E-state index contributed by atoms with van der Waals surface area (Å²) < 4.78 is 0. The number of nitrogens with one attached hydrogen (secondary N) is 2. The van der Waals surface area contributed by atoms with Crippen LogP contribution in [0.5, 0.6) is 0 Å². The maximum absolute atomic E-state index is 4.28. The van der Waals surface area contributed by atoms with Crippen LogP contribution in [0.15, 0.2) is 31.2 Å². The fourth-order valence-electron chi connectivity index (χ4n) is 1.16. The van der Waals surface area contributed by atoms with Gasteiger partial charge < -0.3 is 10.6 Å². The zero-order valence-corrected chi connectivity index (χ0v) is 7.07. The van der Waals surface area contributed by atoms with Crippen molar-refractivity contribution in [3.05, 3.63) is 42.8 Å². The van der Waals surface area contributed by atoms with E-state index >= 15 is 0 Å². The van der Waals surface area contributed by atoms with Crippen LogP contribution in [-0.4, -0.2) is 9.97 Å². The molecule has 2 rings (SSSR count). The summed E-state index contributed by atoms with van der Waals surface area (Å²) in [6, 6.07) is 1.87. The Hall–Kier alpha value is -1.84. The van der Waals surface area contributed by atoms with Gasteiger partial charge in [0, 0.05) is 18.6 Å². The van der Waals surface area contributed by atoms with E-state index in [9.17, 15) is 0 Å². The van der Waals surface area contributed by atoms with E-state index in [2.05, 4.69) is 27.2 Å². The second-order valence-electron chi connectivity index (χ2n) is 2.64. The van der Waals surface area contributed by atoms with Gasteiger partial charge in [0.2, 0.25) is 0 Å². The summed E-state index contributed by atoms with van der Waals surface area (Å²) in [6.07, 6.45) is 7.11. The lowest BCUT2D eigenvalue weighted by Crippen LogP contribution is -2.22. The molecule has 0 radical (unpaired) electrons. The van der Waals surface area contributed by atoms with Crippen LogP contribution in [0.1, 0.15) is 17.7 Å². The summed E-state index contributed by atoms with van der Waals surface area (Å²) in [7, 11) is 0. The zero-order chi connectivity index (χ0) is 9.10. The maximum Gasteiger partial charge on any atom is 0.151 e. The molecule has 0 aromatic carbocycles. The van der Waals surface area contributed by atoms with Crippen molar-refractivity contribution in [3.8, 4) is 0 Å². The molecular formula is C9H10N4. The minimum Gasteiger partial charge on any atom is -0.365 e. The second kappa shape index (κ2) is 3.26. The van der Waals surface area contributed by atoms with Gasteiger partial charge in [0.1, 0.15) is 6.17 Å². The summed E-state index contributed by atoms with van der Waals surface area (Å²) >= 11 is 0. The minimum atomic E-state index is 0.0571. The molecular weight excluding hydrogens is 164 g/mol. The van der Waals surface area contributed by atoms with Crippen LogP contribution in [0, 0.1) is 0 Å². The summed E-state index contributed by atoms with van der Waals surface area (Å²) in [4.78, 5) is 8.30. The van der Waals surface area contributed by atoms with E-state index in [4.69, 9.17) is 0 Å². The van der Waals surface area contributed by atoms with Gasteiger partial charge in [-0.3, -0.25) is 0 Å². The Balaban J connectivity index is 2.24. The highest BCUT2D eigenvalue weighted by Crippen LogP contribution is 2.09. The fourth-order valence-corrected chi connectivity index (χ4v) is 1.16. The second-order valence-corrected chi connectivity index (χ2v) is 2.64. The van der Waals surface area contributed by atoms with E-state index in [1.54, 1.807) is 12.3 Å². The molecule has 1 aliphatic rings. The lowest BCUT2D eigenvalue weighted by atomic mass is 10.3. The minimum absolute atomic E-state index is 0.0571. The van der Waals surface area contributed by atoms with Gasteiger partial charge >= 0.3 is 0 Å². The first kappa shape index (κ1) is 7.79. The van der Waals surface area contributed by atoms with Gasteiger partial charge in [-0.1, -0.05) is 6.58 Å². The standard InChI is InChI=1S/C9H10N4/c1-2-8-10-4-3-7(13-8)9-11-5-6-12-9/h2-6,9,11-12H,1H2. The van der Waals surface area contributed by atoms with E-state index in [0.717, 1.165) is 5.69 Å². The van der Waals surface area contributed by atoms with Crippen LogP contribution in [0.4, 0.5) is 0 Å². The van der Waals surface area contributed by atoms with Crippen molar-refractivity contribution in [3.63, 3.8) is 0 Å². The van der Waals surface area contributed by atoms with Crippen molar-refractivity contribution >= 4 is 6.08 Å². The molecule has 0 amide bonds. The van der Waals surface area contributed by atoms with Gasteiger partial charge in [-0.05, 0) is 12.1 Å². The number of nitrogens with zero attached hydrogens (tertiary/aromatic N) is 2. The molecule has 1 aromatic heterocycles. The first-order chi connectivity index (χ1) is 6.40. The molecule has 0 spiro atoms. The van der Waals surface area contributed by atoms with Crippen molar-refractivity contribution in [2.45, 2.75) is 6.17 Å². The summed E-state index contributed by atoms with van der Waals surface area (Å²) in [6.45, 7) is 3.62. The molecule has 1 aliphatic heterocycles. The topological polar surface area (TPSA) is 49.8 Å². The molecule has 0 aliphatic carbocycles. The van der Waals surface area contributed by atoms with E-state index in [1.165, 1.54) is 0 Å². The van der Waals surface area contributed by atoms with Crippen molar-refractivity contribution in [2.24, 2.45) is 0 Å². The average Bonchev–Trinajstić information content (AvgIpc) is 2.71. The molecule has 0 unspecified atom stereocenters. The van der Waals surface area contributed by atoms with Gasteiger partial charge in [0.25, 0.3) is 0 Å². The highest BCUT2D eigenvalue weighted by atomic mass is 15.2. The van der Waals surface area contributed by atoms with Crippen molar-refractivity contribution < 1.29 is 0 Å². The lowest BCUT2D eigenvalue weighted by molar-refractivity contribution is 0.587. The number of hydrogen-bond donors (Lipinski definition) is 2. The van der Waals surface area contributed by atoms with Crippen LogP contribution >= 0.6 is 0 Å². The predicted octanol–water partition coefficient (Wildman–Crippen LogP) is 0.782. The Kier molecular flexibility index (Phi) is 1.96. The Labute approximate surface area is 76.4 Å². The normalized spacial score (nSPS) is 15.1. The first-order valence-electron chi connectivity index (χ1n) is 4.02. The van der Waals surface area contributed by atoms with Gasteiger partial charge in [-0.2, -0.15) is 0 Å². The molecule has 4 nitrogen and oxygen atoms in total. The number of aromatic nitrogens is 2. The largest absolute Gasteiger partial charge is 0.365 e. The summed E-state index contributed by atoms with van der Waals surface area (Å²) in [5.74, 6) is 0.646. The Morgan fingerprint density at radius 1 is 1.38 bits per heavy atom. The van der Waals surface area contributed by atoms with Crippen molar-refractivity contribution in [1.29, 1.82) is 0 Å². The Morgan fingerprint density at radius 2 is 2.15 bits per heavy atom. The third-order valence-corrected chi connectivity index (χ3v) is 1.78. The average molecular weight is 174 g/mol. The Bertz CT molecular complexity index is 337. The van der Waals surface area contributed by atoms with Gasteiger partial charge in [0.15, 0.2) is 5.82 Å². The number of rotatable bonds is 2. The molecule has 1 aromatic rings. The molecule has 0 saturated heterocycles. The number of hydrogen-bond acceptors (Lipinski definition) is 4. The van der Waals surface area contributed by atoms with Crippen molar-refractivity contribution in [1.82, 2.24) is 20.6 Å². The molecule has 0 atom stereocenters. The SMILES string of the molecule is C=Cc1nccc(C2NC=CN2)n1. The van der Waals surface area contributed by atoms with Crippen LogP contribution in [0.25, 0.3) is 6.08 Å². The first-order valence-corrected chi connectivity index (χ1v) is 4.02. The fraction of sp³-hybridized carbons (Fsp3) is 0.111. The molecule has 66 valence electrons. The molecule has 2 N–H and O–H groups in total. The predicted molar refractivity (Wildman–Crippen MR) is 50.3 cm³/mol. The van der Waals surface area contributed by atoms with Crippen molar-refractivity contribution in [2.75, 3.05) is 0 Å². The third-order valence-electron chi connectivity index (χ3n) is 1.78. The van der Waals surface area contributed by atoms with E-state index < -0.39 is 0 Å². The maximum atomic E-state index is 4.28. The van der Waals surface area contributed by atoms with Crippen LogP contribution in [0.2, 0.25) is 0 Å². The molecule has 0 fully saturated rings. The summed E-state index contributed by atoms with van der Waals surface area (Å²) in [5.41, 5.74) is 0.912. The van der Waals surface area contributed by atoms with Crippen LogP contribution < -0.4 is 10.6 Å². The molecule has 13 heavy (non-hydrogen) atoms. The summed E-state index contributed by atoms with van der Waals surface area (Å²) in [5, 5.41) is 6.22. The molecule has 2 heterocycles. The third kappa shape index (κ3) is 1.51. The zero-order valence-electron chi connectivity index (χ0n) is 7.07. The van der Waals surface area contributed by atoms with E-state index in [1.807, 2.05) is 18.5 Å². The molecule has 4 heteroatoms. The smallest absolute Gasteiger partial charge is 0.151 e. The van der Waals surface area contributed by atoms with Gasteiger partial charge in [-0.25, -0.2) is 9.97 Å². The van der Waals surface area contributed by atoms with Gasteiger partial charge in [0.05, 0.1) is 5.69 Å². The highest BCUT2D eigenvalue weighted by molar-refractivity contribution is 5.36. The quantitative estimate of drug-likeness (QED) is 0.695. The van der Waals surface area contributed by atoms with E-state index in [0.29, 0.717) is 5.82 Å². The van der Waals surface area contributed by atoms with Crippen LogP contribution in [-0.2, 0) is 0 Å². The molecule has 0 saturated carbocycles. The molecule has 0 bridgehead atoms. The monoisotopic (exact) mass is 174 g/mol. The highest BCUT2D eigenvalue weighted by Gasteiger charge is 2.11. The Morgan fingerprint density at radius 3 is 2.85 bits per heavy atom. The van der Waals surface area contributed by atoms with Crippen LogP contribution in [0.3, 0.4) is 0 Å². The van der Waals surface area contributed by atoms with E-state index in [-0.39, 0.29) is 6.17 Å². The lowest BCUT2D eigenvalue weighted by Gasteiger charge is -2.10. The van der Waals surface area contributed by atoms with Gasteiger partial charge in [-0.15, -0.1) is 0 Å².